The number of anilines is 4. The Balaban J connectivity index is 1.36. The lowest BCUT2D eigenvalue weighted by molar-refractivity contribution is 0.121. The summed E-state index contributed by atoms with van der Waals surface area (Å²) in [4.78, 5) is 29.2. The summed E-state index contributed by atoms with van der Waals surface area (Å²) in [6.45, 7) is 9.16. The summed E-state index contributed by atoms with van der Waals surface area (Å²) < 4.78 is 14.8. The van der Waals surface area contributed by atoms with Gasteiger partial charge in [-0.05, 0) is 43.1 Å². The maximum absolute atomic E-state index is 13.1. The Labute approximate surface area is 254 Å². The number of fused-ring (bicyclic) bond motifs is 1. The van der Waals surface area contributed by atoms with Gasteiger partial charge in [-0.15, -0.1) is 0 Å². The van der Waals surface area contributed by atoms with Crippen molar-refractivity contribution in [3.8, 4) is 11.5 Å². The Morgan fingerprint density at radius 3 is 2.57 bits per heavy atom. The summed E-state index contributed by atoms with van der Waals surface area (Å²) >= 11 is 0. The molecule has 1 atom stereocenters. The van der Waals surface area contributed by atoms with E-state index >= 15 is 0 Å². The van der Waals surface area contributed by atoms with Gasteiger partial charge in [0.2, 0.25) is 0 Å². The minimum Gasteiger partial charge on any atom is -0.394 e. The second-order valence-corrected chi connectivity index (χ2v) is 11.0. The van der Waals surface area contributed by atoms with Crippen LogP contribution in [-0.4, -0.2) is 67.5 Å². The highest BCUT2D eigenvalue weighted by atomic mass is 16.5. The van der Waals surface area contributed by atoms with Gasteiger partial charge in [-0.25, -0.2) is 14.6 Å². The molecule has 0 aliphatic carbocycles. The number of benzene rings is 1. The highest BCUT2D eigenvalue weighted by Gasteiger charge is 2.22. The summed E-state index contributed by atoms with van der Waals surface area (Å²) in [5.41, 5.74) is 2.71. The third kappa shape index (κ3) is 5.88. The van der Waals surface area contributed by atoms with E-state index < -0.39 is 6.04 Å². The number of hydrogen-bond acceptors (Lipinski definition) is 11. The topological polar surface area (TPSA) is 148 Å². The van der Waals surface area contributed by atoms with Crippen molar-refractivity contribution in [3.05, 3.63) is 70.6 Å². The first-order valence-electron chi connectivity index (χ1n) is 14.9. The summed E-state index contributed by atoms with van der Waals surface area (Å²) in [5, 5.41) is 21.8. The molecular formula is C31H37N9O4. The minimum atomic E-state index is -0.403. The molecule has 44 heavy (non-hydrogen) atoms. The van der Waals surface area contributed by atoms with Crippen molar-refractivity contribution in [1.29, 1.82) is 0 Å². The van der Waals surface area contributed by atoms with Crippen molar-refractivity contribution in [3.63, 3.8) is 0 Å². The molecule has 0 radical (unpaired) electrons. The first-order chi connectivity index (χ1) is 21.5. The molecule has 0 spiro atoms. The van der Waals surface area contributed by atoms with Gasteiger partial charge in [0.1, 0.15) is 11.6 Å². The van der Waals surface area contributed by atoms with Gasteiger partial charge in [-0.3, -0.25) is 9.48 Å². The number of morpholine rings is 1. The standard InChI is InChI=1S/C31H37N9O4/c1-4-12-39-30(42)22-10-11-26(35-28(22)40(39)20(2)3)34-27-17-24(33-25(19-41)21-8-6-5-7-9-21)23(18-32-27)29-36-31(37-44-29)38-13-15-43-16-14-38/h5-11,17-18,20,25,41H,4,12-16,19H2,1-3H3,(H2,32,33,34,35)/t25-/m1/s1. The average Bonchev–Trinajstić information content (AvgIpc) is 3.64. The van der Waals surface area contributed by atoms with Crippen molar-refractivity contribution in [2.75, 3.05) is 48.4 Å². The number of rotatable bonds is 11. The Hall–Kier alpha value is -4.75. The van der Waals surface area contributed by atoms with Gasteiger partial charge in [-0.1, -0.05) is 37.3 Å². The normalized spacial score (nSPS) is 14.3. The lowest BCUT2D eigenvalue weighted by Gasteiger charge is -2.24. The average molecular weight is 600 g/mol. The van der Waals surface area contributed by atoms with Gasteiger partial charge in [0.15, 0.2) is 5.65 Å². The Morgan fingerprint density at radius 2 is 1.84 bits per heavy atom. The molecule has 5 aromatic rings. The predicted molar refractivity (Wildman–Crippen MR) is 168 cm³/mol. The number of aromatic nitrogens is 6. The molecule has 0 amide bonds. The van der Waals surface area contributed by atoms with Crippen LogP contribution in [0.2, 0.25) is 0 Å². The van der Waals surface area contributed by atoms with Crippen molar-refractivity contribution in [2.45, 2.75) is 45.8 Å². The van der Waals surface area contributed by atoms with E-state index in [1.165, 1.54) is 0 Å². The molecule has 5 heterocycles. The summed E-state index contributed by atoms with van der Waals surface area (Å²) in [6, 6.07) is 14.7. The third-order valence-corrected chi connectivity index (χ3v) is 7.56. The Kier molecular flexibility index (Phi) is 8.57. The quantitative estimate of drug-likeness (QED) is 0.199. The Bertz CT molecular complexity index is 1770. The second kappa shape index (κ2) is 12.9. The number of hydrogen-bond donors (Lipinski definition) is 3. The zero-order valence-electron chi connectivity index (χ0n) is 25.1. The van der Waals surface area contributed by atoms with Crippen LogP contribution in [0.15, 0.2) is 64.0 Å². The number of pyridine rings is 2. The predicted octanol–water partition coefficient (Wildman–Crippen LogP) is 4.36. The van der Waals surface area contributed by atoms with E-state index in [4.69, 9.17) is 14.2 Å². The largest absolute Gasteiger partial charge is 0.394 e. The smallest absolute Gasteiger partial charge is 0.276 e. The van der Waals surface area contributed by atoms with E-state index in [1.807, 2.05) is 66.8 Å². The molecule has 1 aromatic carbocycles. The number of nitrogens with zero attached hydrogens (tertiary/aromatic N) is 7. The monoisotopic (exact) mass is 599 g/mol. The fraction of sp³-hybridized carbons (Fsp3) is 0.387. The molecular weight excluding hydrogens is 562 g/mol. The van der Waals surface area contributed by atoms with E-state index in [9.17, 15) is 9.90 Å². The van der Waals surface area contributed by atoms with Gasteiger partial charge < -0.3 is 29.9 Å². The van der Waals surface area contributed by atoms with Crippen LogP contribution < -0.4 is 21.1 Å². The fourth-order valence-electron chi connectivity index (χ4n) is 5.42. The van der Waals surface area contributed by atoms with Crippen molar-refractivity contribution in [1.82, 2.24) is 29.5 Å². The lowest BCUT2D eigenvalue weighted by atomic mass is 10.1. The van der Waals surface area contributed by atoms with E-state index in [2.05, 4.69) is 25.8 Å². The van der Waals surface area contributed by atoms with Crippen LogP contribution in [-0.2, 0) is 11.3 Å². The van der Waals surface area contributed by atoms with Crippen molar-refractivity contribution < 1.29 is 14.4 Å². The van der Waals surface area contributed by atoms with Gasteiger partial charge in [0.25, 0.3) is 17.4 Å². The van der Waals surface area contributed by atoms with Crippen molar-refractivity contribution >= 4 is 34.3 Å². The van der Waals surface area contributed by atoms with Crippen LogP contribution in [0.5, 0.6) is 0 Å². The van der Waals surface area contributed by atoms with Gasteiger partial charge in [0, 0.05) is 37.9 Å². The molecule has 0 bridgehead atoms. The van der Waals surface area contributed by atoms with Crippen LogP contribution in [0.4, 0.5) is 23.3 Å². The molecule has 13 heteroatoms. The van der Waals surface area contributed by atoms with E-state index in [1.54, 1.807) is 23.0 Å². The maximum atomic E-state index is 13.1. The number of nitrogens with one attached hydrogen (secondary N) is 2. The molecule has 0 saturated carbocycles. The number of ether oxygens (including phenoxy) is 1. The Morgan fingerprint density at radius 1 is 1.05 bits per heavy atom. The van der Waals surface area contributed by atoms with Gasteiger partial charge in [0.05, 0.1) is 42.5 Å². The van der Waals surface area contributed by atoms with Crippen LogP contribution in [0.3, 0.4) is 0 Å². The maximum Gasteiger partial charge on any atom is 0.276 e. The highest BCUT2D eigenvalue weighted by molar-refractivity contribution is 5.79. The molecule has 1 fully saturated rings. The first-order valence-corrected chi connectivity index (χ1v) is 14.9. The molecule has 1 aliphatic rings. The van der Waals surface area contributed by atoms with Crippen LogP contribution >= 0.6 is 0 Å². The zero-order chi connectivity index (χ0) is 30.6. The van der Waals surface area contributed by atoms with Crippen LogP contribution in [0, 0.1) is 0 Å². The minimum absolute atomic E-state index is 0.0458. The fourth-order valence-corrected chi connectivity index (χ4v) is 5.42. The second-order valence-electron chi connectivity index (χ2n) is 11.0. The summed E-state index contributed by atoms with van der Waals surface area (Å²) in [5.74, 6) is 1.84. The zero-order valence-corrected chi connectivity index (χ0v) is 25.1. The lowest BCUT2D eigenvalue weighted by Crippen LogP contribution is -2.36. The molecule has 13 nitrogen and oxygen atoms in total. The molecule has 6 rings (SSSR count). The SMILES string of the molecule is CCCn1c(=O)c2ccc(Nc3cc(N[C@H](CO)c4ccccc4)c(-c4nc(N5CCOCC5)no4)cn3)nc2n1C(C)C. The number of aliphatic hydroxyl groups is 1. The van der Waals surface area contributed by atoms with Crippen molar-refractivity contribution in [2.24, 2.45) is 0 Å². The summed E-state index contributed by atoms with van der Waals surface area (Å²) in [7, 11) is 0. The molecule has 1 aliphatic heterocycles. The van der Waals surface area contributed by atoms with E-state index in [0.29, 0.717) is 78.6 Å². The van der Waals surface area contributed by atoms with Gasteiger partial charge in [-0.2, -0.15) is 4.98 Å². The number of aliphatic hydroxyl groups excluding tert-OH is 1. The third-order valence-electron chi connectivity index (χ3n) is 7.56. The van der Waals surface area contributed by atoms with Crippen LogP contribution in [0.25, 0.3) is 22.5 Å². The first kappa shape index (κ1) is 29.3. The summed E-state index contributed by atoms with van der Waals surface area (Å²) in [6.07, 6.45) is 2.49. The van der Waals surface area contributed by atoms with Gasteiger partial charge >= 0.3 is 0 Å². The van der Waals surface area contributed by atoms with Crippen LogP contribution in [0.1, 0.15) is 44.8 Å². The van der Waals surface area contributed by atoms with E-state index in [-0.39, 0.29) is 18.2 Å². The highest BCUT2D eigenvalue weighted by Crippen LogP contribution is 2.33. The molecule has 1 saturated heterocycles. The van der Waals surface area contributed by atoms with E-state index in [0.717, 1.165) is 12.0 Å². The molecule has 4 aromatic heterocycles. The molecule has 0 unspecified atom stereocenters. The molecule has 3 N–H and O–H groups in total. The molecule has 230 valence electrons.